The van der Waals surface area contributed by atoms with Crippen molar-refractivity contribution in [3.63, 3.8) is 0 Å². The topological polar surface area (TPSA) is 108 Å². The predicted octanol–water partition coefficient (Wildman–Crippen LogP) is 30.2. The Morgan fingerprint density at radius 2 is 0.559 bits per heavy atom. The monoisotopic (exact) mass is 1450 g/mol. The molecule has 0 aromatic carbocycles. The fourth-order valence-electron chi connectivity index (χ4n) is 13.5. The van der Waals surface area contributed by atoms with Crippen LogP contribution in [0.25, 0.3) is 0 Å². The molecule has 0 aliphatic rings. The Morgan fingerprint density at radius 1 is 0.314 bits per heavy atom. The number of phosphoric ester groups is 1. The van der Waals surface area contributed by atoms with E-state index >= 15 is 0 Å². The SMILES string of the molecule is CC/C=C\C/C=C\C/C=C\C/C=C\C/C=C\CCCCCCCCCCCCCCCCCCCCCCCCCC(=O)OC(COC(=O)CCCCCCCCCCCCCCCCCCCCCCCCCCCCC/C=C\CCCCCCCCCC)COP(=O)(O)OCC[N+](C)(C)C. The first-order chi connectivity index (χ1) is 50.0. The largest absolute Gasteiger partial charge is 0.472 e. The molecule has 2 atom stereocenters. The van der Waals surface area contributed by atoms with Crippen molar-refractivity contribution in [1.82, 2.24) is 0 Å². The van der Waals surface area contributed by atoms with Crippen LogP contribution in [-0.4, -0.2) is 74.9 Å². The first-order valence-electron chi connectivity index (χ1n) is 44.7. The molecule has 598 valence electrons. The molecule has 0 heterocycles. The predicted molar refractivity (Wildman–Crippen MR) is 446 cm³/mol. The first kappa shape index (κ1) is 99.5. The summed E-state index contributed by atoms with van der Waals surface area (Å²) < 4.78 is 34.9. The number of ether oxygens (including phenoxy) is 2. The Labute approximate surface area is 635 Å². The van der Waals surface area contributed by atoms with Crippen molar-refractivity contribution >= 4 is 19.8 Å². The van der Waals surface area contributed by atoms with Crippen LogP contribution in [0.5, 0.6) is 0 Å². The molecule has 10 heteroatoms. The summed E-state index contributed by atoms with van der Waals surface area (Å²) in [5, 5.41) is 0. The average Bonchev–Trinajstić information content (AvgIpc) is 0.914. The van der Waals surface area contributed by atoms with Crippen molar-refractivity contribution in [1.29, 1.82) is 0 Å². The van der Waals surface area contributed by atoms with Crippen LogP contribution in [0.15, 0.2) is 72.9 Å². The molecule has 1 N–H and O–H groups in total. The van der Waals surface area contributed by atoms with E-state index in [9.17, 15) is 19.0 Å². The number of likely N-dealkylation sites (N-methyl/N-ethyl adjacent to an activating group) is 1. The third kappa shape index (κ3) is 86.4. The van der Waals surface area contributed by atoms with Gasteiger partial charge in [0.25, 0.3) is 0 Å². The van der Waals surface area contributed by atoms with Gasteiger partial charge in [0, 0.05) is 12.8 Å². The maximum absolute atomic E-state index is 12.9. The highest BCUT2D eigenvalue weighted by Crippen LogP contribution is 2.43. The number of hydrogen-bond acceptors (Lipinski definition) is 7. The molecule has 102 heavy (non-hydrogen) atoms. The second kappa shape index (κ2) is 82.5. The first-order valence-corrected chi connectivity index (χ1v) is 46.2. The van der Waals surface area contributed by atoms with Crippen LogP contribution < -0.4 is 0 Å². The van der Waals surface area contributed by atoms with Gasteiger partial charge in [-0.15, -0.1) is 0 Å². The molecule has 2 unspecified atom stereocenters. The van der Waals surface area contributed by atoms with E-state index in [1.165, 1.54) is 353 Å². The third-order valence-electron chi connectivity index (χ3n) is 20.2. The van der Waals surface area contributed by atoms with E-state index < -0.39 is 26.5 Å². The summed E-state index contributed by atoms with van der Waals surface area (Å²) in [7, 11) is 1.50. The van der Waals surface area contributed by atoms with Crippen LogP contribution in [0.4, 0.5) is 0 Å². The maximum atomic E-state index is 12.9. The molecular formula is C92H173NO8P+. The van der Waals surface area contributed by atoms with Crippen molar-refractivity contribution in [2.75, 3.05) is 47.5 Å². The van der Waals surface area contributed by atoms with Gasteiger partial charge < -0.3 is 18.9 Å². The number of phosphoric acid groups is 1. The highest BCUT2D eigenvalue weighted by Gasteiger charge is 2.27. The summed E-state index contributed by atoms with van der Waals surface area (Å²) in [4.78, 5) is 36.1. The fraction of sp³-hybridized carbons (Fsp3) is 0.848. The smallest absolute Gasteiger partial charge is 0.462 e. The van der Waals surface area contributed by atoms with Gasteiger partial charge >= 0.3 is 19.8 Å². The summed E-state index contributed by atoms with van der Waals surface area (Å²) in [5.41, 5.74) is 0. The molecule has 0 saturated carbocycles. The molecule has 9 nitrogen and oxygen atoms in total. The molecule has 0 rings (SSSR count). The van der Waals surface area contributed by atoms with Gasteiger partial charge in [0.05, 0.1) is 27.7 Å². The Morgan fingerprint density at radius 3 is 0.843 bits per heavy atom. The lowest BCUT2D eigenvalue weighted by atomic mass is 10.0. The molecule has 0 aliphatic carbocycles. The Balaban J connectivity index is 3.85. The number of carbonyl (C=O) groups excluding carboxylic acids is 2. The Kier molecular flexibility index (Phi) is 80.4. The second-order valence-electron chi connectivity index (χ2n) is 31.6. The molecule has 0 fully saturated rings. The number of quaternary nitrogens is 1. The Hall–Kier alpha value is -2.55. The van der Waals surface area contributed by atoms with Gasteiger partial charge in [-0.2, -0.15) is 0 Å². The van der Waals surface area contributed by atoms with Crippen LogP contribution in [0, 0.1) is 0 Å². The van der Waals surface area contributed by atoms with E-state index in [0.29, 0.717) is 23.9 Å². The quantitative estimate of drug-likeness (QED) is 0.0211. The van der Waals surface area contributed by atoms with Crippen molar-refractivity contribution in [3.8, 4) is 0 Å². The van der Waals surface area contributed by atoms with Crippen molar-refractivity contribution in [2.24, 2.45) is 0 Å². The minimum Gasteiger partial charge on any atom is -0.462 e. The van der Waals surface area contributed by atoms with E-state index in [0.717, 1.165) is 64.2 Å². The molecule has 0 aromatic rings. The Bertz CT molecular complexity index is 1950. The lowest BCUT2D eigenvalue weighted by Crippen LogP contribution is -2.37. The zero-order valence-electron chi connectivity index (χ0n) is 68.6. The van der Waals surface area contributed by atoms with E-state index in [1.807, 2.05) is 21.1 Å². The van der Waals surface area contributed by atoms with Crippen LogP contribution in [0.3, 0.4) is 0 Å². The normalized spacial score (nSPS) is 13.3. The van der Waals surface area contributed by atoms with Gasteiger partial charge in [-0.3, -0.25) is 18.6 Å². The summed E-state index contributed by atoms with van der Waals surface area (Å²) in [6.07, 6.45) is 114. The van der Waals surface area contributed by atoms with Crippen LogP contribution >= 0.6 is 7.82 Å². The van der Waals surface area contributed by atoms with Gasteiger partial charge in [-0.05, 0) is 83.5 Å². The number of rotatable bonds is 84. The van der Waals surface area contributed by atoms with E-state index in [4.69, 9.17) is 18.5 Å². The molecule has 0 amide bonds. The molecule has 0 aliphatic heterocycles. The number of allylic oxidation sites excluding steroid dienone is 12. The second-order valence-corrected chi connectivity index (χ2v) is 33.1. The minimum absolute atomic E-state index is 0.0342. The lowest BCUT2D eigenvalue weighted by molar-refractivity contribution is -0.870. The standard InChI is InChI=1S/C92H172NO8P/c1-6-8-10-12-14-16-18-20-22-24-26-28-30-32-34-36-38-40-42-44-46-48-50-52-54-56-58-60-62-64-66-68-70-72-74-76-78-80-82-84-91(94)98-88-90(89-100-102(96,97)99-87-86-93(3,4)5)101-92(95)85-83-81-79-77-75-73-71-69-67-65-63-61-59-57-55-53-51-49-47-45-43-41-39-37-35-33-31-29-27-25-23-21-19-17-15-13-11-9-7-2/h9,11,15,17,21,23-24,26-27,29,33,35,90H,6-8,10,12-14,16,18-20,22,25,28,30-32,34,36-89H2,1-5H3/p+1/b11-9-,17-15-,23-21-,26-24-,29-27-,35-33-. The van der Waals surface area contributed by atoms with Crippen LogP contribution in [-0.2, 0) is 32.7 Å². The number of esters is 2. The number of hydrogen-bond donors (Lipinski definition) is 1. The maximum Gasteiger partial charge on any atom is 0.472 e. The zero-order chi connectivity index (χ0) is 74.0. The molecule has 0 bridgehead atoms. The van der Waals surface area contributed by atoms with Crippen molar-refractivity contribution in [3.05, 3.63) is 72.9 Å². The van der Waals surface area contributed by atoms with E-state index in [-0.39, 0.29) is 25.6 Å². The molecule has 0 saturated heterocycles. The highest BCUT2D eigenvalue weighted by atomic mass is 31.2. The van der Waals surface area contributed by atoms with Crippen LogP contribution in [0.2, 0.25) is 0 Å². The zero-order valence-corrected chi connectivity index (χ0v) is 69.5. The van der Waals surface area contributed by atoms with Gasteiger partial charge in [0.15, 0.2) is 6.10 Å². The minimum atomic E-state index is -4.40. The fourth-order valence-corrected chi connectivity index (χ4v) is 14.2. The summed E-state index contributed by atoms with van der Waals surface area (Å²) >= 11 is 0. The lowest BCUT2D eigenvalue weighted by Gasteiger charge is -2.24. The highest BCUT2D eigenvalue weighted by molar-refractivity contribution is 7.47. The number of carbonyl (C=O) groups is 2. The summed E-state index contributed by atoms with van der Waals surface area (Å²) in [5.74, 6) is -0.771. The average molecular weight is 1450 g/mol. The summed E-state index contributed by atoms with van der Waals surface area (Å²) in [6, 6.07) is 0. The molecular weight excluding hydrogens is 1280 g/mol. The van der Waals surface area contributed by atoms with Gasteiger partial charge in [0.2, 0.25) is 0 Å². The van der Waals surface area contributed by atoms with Crippen LogP contribution in [0.1, 0.15) is 450 Å². The molecule has 0 spiro atoms. The van der Waals surface area contributed by atoms with Gasteiger partial charge in [0.1, 0.15) is 19.8 Å². The third-order valence-corrected chi connectivity index (χ3v) is 21.2. The van der Waals surface area contributed by atoms with Crippen molar-refractivity contribution < 1.29 is 42.1 Å². The van der Waals surface area contributed by atoms with Gasteiger partial charge in [-0.1, -0.05) is 427 Å². The number of unbranched alkanes of at least 4 members (excludes halogenated alkanes) is 58. The molecule has 0 aromatic heterocycles. The summed E-state index contributed by atoms with van der Waals surface area (Å²) in [6.45, 7) is 4.40. The van der Waals surface area contributed by atoms with Gasteiger partial charge in [-0.25, -0.2) is 4.57 Å². The van der Waals surface area contributed by atoms with E-state index in [1.54, 1.807) is 0 Å². The molecule has 0 radical (unpaired) electrons. The van der Waals surface area contributed by atoms with E-state index in [2.05, 4.69) is 86.8 Å². The van der Waals surface area contributed by atoms with Crippen molar-refractivity contribution in [2.45, 2.75) is 457 Å². The number of nitrogens with zero attached hydrogens (tertiary/aromatic N) is 1.